The Hall–Kier alpha value is -2.28. The lowest BCUT2D eigenvalue weighted by Crippen LogP contribution is -2.35. The quantitative estimate of drug-likeness (QED) is 0.720. The predicted molar refractivity (Wildman–Crippen MR) is 76.5 cm³/mol. The third-order valence-corrected chi connectivity index (χ3v) is 3.08. The van der Waals surface area contributed by atoms with Crippen molar-refractivity contribution in [2.24, 2.45) is 0 Å². The summed E-state index contributed by atoms with van der Waals surface area (Å²) in [6.45, 7) is 1.19. The van der Waals surface area contributed by atoms with Crippen LogP contribution in [0, 0.1) is 0 Å². The number of nitrogens with one attached hydrogen (secondary N) is 1. The molecule has 7 heteroatoms. The summed E-state index contributed by atoms with van der Waals surface area (Å²) in [6, 6.07) is 9.35. The van der Waals surface area contributed by atoms with E-state index in [1.54, 1.807) is 7.11 Å². The van der Waals surface area contributed by atoms with Crippen LogP contribution in [0.25, 0.3) is 0 Å². The first-order valence-corrected chi connectivity index (χ1v) is 6.84. The number of carbonyl (C=O) groups is 1. The third-order valence-electron chi connectivity index (χ3n) is 3.08. The van der Waals surface area contributed by atoms with E-state index in [1.165, 1.54) is 11.0 Å². The third kappa shape index (κ3) is 4.64. The summed E-state index contributed by atoms with van der Waals surface area (Å²) >= 11 is 0. The Morgan fingerprint density at radius 2 is 2.19 bits per heavy atom. The van der Waals surface area contributed by atoms with Crippen LogP contribution in [-0.4, -0.2) is 46.4 Å². The van der Waals surface area contributed by atoms with E-state index in [-0.39, 0.29) is 5.91 Å². The van der Waals surface area contributed by atoms with Crippen molar-refractivity contribution in [1.82, 2.24) is 25.5 Å². The number of nitrogens with zero attached hydrogens (tertiary/aromatic N) is 4. The summed E-state index contributed by atoms with van der Waals surface area (Å²) in [5, 5.41) is 14.0. The number of benzene rings is 1. The number of amides is 1. The van der Waals surface area contributed by atoms with Crippen molar-refractivity contribution in [3.63, 3.8) is 0 Å². The fourth-order valence-corrected chi connectivity index (χ4v) is 2.00. The maximum atomic E-state index is 12.3. The van der Waals surface area contributed by atoms with Gasteiger partial charge in [0.15, 0.2) is 0 Å². The number of ether oxygens (including phenoxy) is 1. The minimum atomic E-state index is -0.454. The van der Waals surface area contributed by atoms with Crippen LogP contribution in [0.1, 0.15) is 18.0 Å². The largest absolute Gasteiger partial charge is 0.385 e. The molecule has 0 bridgehead atoms. The molecule has 0 saturated heterocycles. The van der Waals surface area contributed by atoms with Gasteiger partial charge in [-0.25, -0.2) is 4.68 Å². The maximum absolute atomic E-state index is 12.3. The van der Waals surface area contributed by atoms with E-state index in [0.717, 1.165) is 12.0 Å². The van der Waals surface area contributed by atoms with Crippen molar-refractivity contribution >= 4 is 5.91 Å². The van der Waals surface area contributed by atoms with Crippen molar-refractivity contribution in [1.29, 1.82) is 0 Å². The second-order valence-corrected chi connectivity index (χ2v) is 4.63. The van der Waals surface area contributed by atoms with Crippen LogP contribution in [0.5, 0.6) is 0 Å². The van der Waals surface area contributed by atoms with E-state index in [4.69, 9.17) is 4.74 Å². The summed E-state index contributed by atoms with van der Waals surface area (Å²) < 4.78 is 6.45. The Morgan fingerprint density at radius 1 is 1.38 bits per heavy atom. The van der Waals surface area contributed by atoms with Gasteiger partial charge in [0.25, 0.3) is 0 Å². The molecule has 0 saturated carbocycles. The van der Waals surface area contributed by atoms with Crippen LogP contribution in [0.3, 0.4) is 0 Å². The Bertz CT molecular complexity index is 530. The Balaban J connectivity index is 2.01. The lowest BCUT2D eigenvalue weighted by molar-refractivity contribution is -0.124. The van der Waals surface area contributed by atoms with Gasteiger partial charge < -0.3 is 10.1 Å². The number of methoxy groups -OCH3 is 1. The molecule has 2 rings (SSSR count). The first-order valence-electron chi connectivity index (χ1n) is 6.84. The molecule has 21 heavy (non-hydrogen) atoms. The van der Waals surface area contributed by atoms with Crippen LogP contribution in [0.2, 0.25) is 0 Å². The van der Waals surface area contributed by atoms with Crippen molar-refractivity contribution in [3.05, 3.63) is 42.2 Å². The fourth-order valence-electron chi connectivity index (χ4n) is 2.00. The summed E-state index contributed by atoms with van der Waals surface area (Å²) in [5.41, 5.74) is 1.06. The molecule has 0 spiro atoms. The number of carbonyl (C=O) groups excluding carboxylic acids is 1. The SMILES string of the molecule is COCCCNC(=O)C(Cc1ccccc1)n1cnnn1. The minimum absolute atomic E-state index is 0.0951. The molecule has 0 aliphatic heterocycles. The van der Waals surface area contributed by atoms with Crippen molar-refractivity contribution in [3.8, 4) is 0 Å². The summed E-state index contributed by atoms with van der Waals surface area (Å²) in [4.78, 5) is 12.3. The van der Waals surface area contributed by atoms with Crippen LogP contribution < -0.4 is 5.32 Å². The van der Waals surface area contributed by atoms with E-state index < -0.39 is 6.04 Å². The average molecular weight is 289 g/mol. The molecule has 1 aromatic heterocycles. The van der Waals surface area contributed by atoms with Crippen LogP contribution in [-0.2, 0) is 16.0 Å². The van der Waals surface area contributed by atoms with Crippen LogP contribution >= 0.6 is 0 Å². The van der Waals surface area contributed by atoms with Crippen molar-refractivity contribution in [2.45, 2.75) is 18.9 Å². The zero-order valence-electron chi connectivity index (χ0n) is 12.0. The van der Waals surface area contributed by atoms with Gasteiger partial charge in [-0.2, -0.15) is 0 Å². The normalized spacial score (nSPS) is 12.0. The highest BCUT2D eigenvalue weighted by atomic mass is 16.5. The zero-order valence-corrected chi connectivity index (χ0v) is 12.0. The Labute approximate surface area is 123 Å². The van der Waals surface area contributed by atoms with Gasteiger partial charge in [-0.3, -0.25) is 4.79 Å². The molecular weight excluding hydrogens is 270 g/mol. The Kier molecular flexibility index (Phi) is 5.83. The molecule has 1 heterocycles. The van der Waals surface area contributed by atoms with Crippen LogP contribution in [0.4, 0.5) is 0 Å². The summed E-state index contributed by atoms with van der Waals surface area (Å²) in [7, 11) is 1.64. The highest BCUT2D eigenvalue weighted by molar-refractivity contribution is 5.80. The molecule has 0 radical (unpaired) electrons. The summed E-state index contributed by atoms with van der Waals surface area (Å²) in [5.74, 6) is -0.0951. The predicted octanol–water partition coefficient (Wildman–Crippen LogP) is 0.610. The van der Waals surface area contributed by atoms with Gasteiger partial charge in [-0.15, -0.1) is 5.10 Å². The van der Waals surface area contributed by atoms with Gasteiger partial charge >= 0.3 is 0 Å². The van der Waals surface area contributed by atoms with Gasteiger partial charge in [0.2, 0.25) is 5.91 Å². The molecule has 2 aromatic rings. The smallest absolute Gasteiger partial charge is 0.245 e. The fraction of sp³-hybridized carbons (Fsp3) is 0.429. The lowest BCUT2D eigenvalue weighted by atomic mass is 10.1. The lowest BCUT2D eigenvalue weighted by Gasteiger charge is -2.16. The highest BCUT2D eigenvalue weighted by Crippen LogP contribution is 2.13. The molecule has 7 nitrogen and oxygen atoms in total. The molecule has 0 fully saturated rings. The first kappa shape index (κ1) is 15.1. The second kappa shape index (κ2) is 8.11. The molecule has 112 valence electrons. The molecule has 0 aliphatic rings. The van der Waals surface area contributed by atoms with E-state index in [0.29, 0.717) is 19.6 Å². The zero-order chi connectivity index (χ0) is 14.9. The van der Waals surface area contributed by atoms with Gasteiger partial charge in [-0.1, -0.05) is 30.3 Å². The number of rotatable bonds is 8. The van der Waals surface area contributed by atoms with Crippen molar-refractivity contribution in [2.75, 3.05) is 20.3 Å². The molecule has 1 N–H and O–H groups in total. The molecule has 1 atom stereocenters. The van der Waals surface area contributed by atoms with Gasteiger partial charge in [-0.05, 0) is 22.4 Å². The molecular formula is C14H19N5O2. The molecule has 1 amide bonds. The highest BCUT2D eigenvalue weighted by Gasteiger charge is 2.21. The van der Waals surface area contributed by atoms with E-state index in [2.05, 4.69) is 20.8 Å². The van der Waals surface area contributed by atoms with E-state index in [1.807, 2.05) is 30.3 Å². The van der Waals surface area contributed by atoms with Gasteiger partial charge in [0.1, 0.15) is 12.4 Å². The molecule has 1 unspecified atom stereocenters. The van der Waals surface area contributed by atoms with Crippen LogP contribution in [0.15, 0.2) is 36.7 Å². The summed E-state index contributed by atoms with van der Waals surface area (Å²) in [6.07, 6.45) is 2.78. The Morgan fingerprint density at radius 3 is 2.86 bits per heavy atom. The molecule has 1 aromatic carbocycles. The van der Waals surface area contributed by atoms with E-state index in [9.17, 15) is 4.79 Å². The van der Waals surface area contributed by atoms with Crippen molar-refractivity contribution < 1.29 is 9.53 Å². The van der Waals surface area contributed by atoms with Gasteiger partial charge in [0, 0.05) is 26.7 Å². The average Bonchev–Trinajstić information content (AvgIpc) is 3.04. The van der Waals surface area contributed by atoms with E-state index >= 15 is 0 Å². The molecule has 0 aliphatic carbocycles. The second-order valence-electron chi connectivity index (χ2n) is 4.63. The number of tetrazole rings is 1. The number of hydrogen-bond acceptors (Lipinski definition) is 5. The number of hydrogen-bond donors (Lipinski definition) is 1. The minimum Gasteiger partial charge on any atom is -0.385 e. The van der Waals surface area contributed by atoms with Gasteiger partial charge in [0.05, 0.1) is 0 Å². The monoisotopic (exact) mass is 289 g/mol. The number of aromatic nitrogens is 4. The topological polar surface area (TPSA) is 81.9 Å². The standard InChI is InChI=1S/C14H19N5O2/c1-21-9-5-8-15-14(20)13(19-11-16-17-18-19)10-12-6-3-2-4-7-12/h2-4,6-7,11,13H,5,8-10H2,1H3,(H,15,20). The first-order chi connectivity index (χ1) is 10.3. The maximum Gasteiger partial charge on any atom is 0.245 e.